The van der Waals surface area contributed by atoms with Crippen LogP contribution in [-0.2, 0) is 11.3 Å². The van der Waals surface area contributed by atoms with Crippen LogP contribution in [0.1, 0.15) is 11.1 Å². The first-order chi connectivity index (χ1) is 23.6. The SMILES string of the molecule is Brc1ccc(C2(C3(c4ccc(Br)cc4)N=c4c(c5ccccc5c5ccccc45)=N3)N=c3c(c4ccccc4c4ccccc34)=N2)cc1. The summed E-state index contributed by atoms with van der Waals surface area (Å²) in [5, 5.41) is 12.3. The van der Waals surface area contributed by atoms with Crippen molar-refractivity contribution in [1.82, 2.24) is 0 Å². The van der Waals surface area contributed by atoms with Crippen LogP contribution in [0.3, 0.4) is 0 Å². The van der Waals surface area contributed by atoms with E-state index in [1.165, 1.54) is 0 Å². The van der Waals surface area contributed by atoms with Crippen LogP contribution in [0.4, 0.5) is 0 Å². The highest BCUT2D eigenvalue weighted by Crippen LogP contribution is 2.51. The first kappa shape index (κ1) is 28.0. The molecule has 0 aliphatic carbocycles. The molecule has 0 unspecified atom stereocenters. The van der Waals surface area contributed by atoms with Gasteiger partial charge in [0.15, 0.2) is 0 Å². The highest BCUT2D eigenvalue weighted by atomic mass is 79.9. The molecule has 0 spiro atoms. The molecular weight excluding hydrogens is 720 g/mol. The lowest BCUT2D eigenvalue weighted by Crippen LogP contribution is -2.44. The van der Waals surface area contributed by atoms with Gasteiger partial charge in [-0.3, -0.25) is 0 Å². The Morgan fingerprint density at radius 1 is 0.292 bits per heavy atom. The first-order valence-electron chi connectivity index (χ1n) is 15.9. The van der Waals surface area contributed by atoms with Crippen molar-refractivity contribution in [1.29, 1.82) is 0 Å². The van der Waals surface area contributed by atoms with E-state index >= 15 is 0 Å². The van der Waals surface area contributed by atoms with Crippen LogP contribution in [0, 0.1) is 0 Å². The molecule has 2 heterocycles. The van der Waals surface area contributed by atoms with Crippen LogP contribution in [0.15, 0.2) is 175 Å². The smallest absolute Gasteiger partial charge is 0.226 e. The fraction of sp³-hybridized carbons (Fsp3) is 0.0476. The van der Waals surface area contributed by atoms with Crippen molar-refractivity contribution in [3.8, 4) is 0 Å². The van der Waals surface area contributed by atoms with E-state index in [2.05, 4.69) is 177 Å². The van der Waals surface area contributed by atoms with Gasteiger partial charge in [-0.1, -0.05) is 153 Å². The number of rotatable bonds is 3. The van der Waals surface area contributed by atoms with Crippen LogP contribution in [-0.4, -0.2) is 0 Å². The largest absolute Gasteiger partial charge is 0.243 e. The summed E-state index contributed by atoms with van der Waals surface area (Å²) in [6.45, 7) is 0. The molecule has 0 N–H and O–H groups in total. The summed E-state index contributed by atoms with van der Waals surface area (Å²) in [5.41, 5.74) is -0.713. The minimum absolute atomic E-state index is 0.861. The van der Waals surface area contributed by atoms with Gasteiger partial charge in [-0.2, -0.15) is 0 Å². The van der Waals surface area contributed by atoms with E-state index < -0.39 is 11.3 Å². The lowest BCUT2D eigenvalue weighted by atomic mass is 9.82. The number of hydrogen-bond acceptors (Lipinski definition) is 4. The maximum absolute atomic E-state index is 5.78. The van der Waals surface area contributed by atoms with Crippen molar-refractivity contribution in [3.05, 3.63) is 187 Å². The van der Waals surface area contributed by atoms with Crippen molar-refractivity contribution >= 4 is 74.9 Å². The maximum atomic E-state index is 5.78. The molecule has 8 aromatic carbocycles. The number of halogens is 2. The third-order valence-corrected chi connectivity index (χ3v) is 10.9. The van der Waals surface area contributed by atoms with Gasteiger partial charge in [-0.25, -0.2) is 20.0 Å². The van der Waals surface area contributed by atoms with Crippen molar-refractivity contribution in [2.75, 3.05) is 0 Å². The summed E-state index contributed by atoms with van der Waals surface area (Å²) in [6.07, 6.45) is 0. The molecule has 0 atom stereocenters. The van der Waals surface area contributed by atoms with Crippen molar-refractivity contribution in [2.24, 2.45) is 20.0 Å². The van der Waals surface area contributed by atoms with E-state index in [4.69, 9.17) is 20.0 Å². The molecular formula is C42H24Br2N4. The molecule has 0 amide bonds. The number of fused-ring (bicyclic) bond motifs is 12. The van der Waals surface area contributed by atoms with E-state index in [0.717, 1.165) is 84.6 Å². The van der Waals surface area contributed by atoms with Gasteiger partial charge >= 0.3 is 0 Å². The summed E-state index contributed by atoms with van der Waals surface area (Å²) >= 11 is 7.36. The Morgan fingerprint density at radius 3 is 0.771 bits per heavy atom. The molecule has 0 aromatic heterocycles. The number of hydrogen-bond donors (Lipinski definition) is 0. The summed E-state index contributed by atoms with van der Waals surface area (Å²) in [5.74, 6) is 0. The Kier molecular flexibility index (Phi) is 5.97. The molecule has 6 heteroatoms. The van der Waals surface area contributed by atoms with E-state index in [-0.39, 0.29) is 0 Å². The lowest BCUT2D eigenvalue weighted by Gasteiger charge is -2.38. The summed E-state index contributed by atoms with van der Waals surface area (Å²) in [7, 11) is 0. The predicted molar refractivity (Wildman–Crippen MR) is 199 cm³/mol. The van der Waals surface area contributed by atoms with Crippen LogP contribution in [0.5, 0.6) is 0 Å². The predicted octanol–water partition coefficient (Wildman–Crippen LogP) is 8.74. The Balaban J connectivity index is 1.45. The normalized spacial score (nSPS) is 15.5. The molecule has 48 heavy (non-hydrogen) atoms. The molecule has 2 aliphatic heterocycles. The third kappa shape index (κ3) is 3.76. The Hall–Kier alpha value is -5.04. The van der Waals surface area contributed by atoms with Gasteiger partial charge in [0, 0.05) is 41.6 Å². The van der Waals surface area contributed by atoms with Gasteiger partial charge in [0.1, 0.15) is 0 Å². The first-order valence-corrected chi connectivity index (χ1v) is 17.5. The second-order valence-corrected chi connectivity index (χ2v) is 14.2. The van der Waals surface area contributed by atoms with Gasteiger partial charge in [0.05, 0.1) is 21.4 Å². The zero-order valence-electron chi connectivity index (χ0n) is 25.4. The van der Waals surface area contributed by atoms with Gasteiger partial charge in [-0.05, 0) is 45.8 Å². The monoisotopic (exact) mass is 742 g/mol. The zero-order chi connectivity index (χ0) is 32.0. The van der Waals surface area contributed by atoms with Crippen LogP contribution >= 0.6 is 31.9 Å². The molecule has 0 saturated heterocycles. The van der Waals surface area contributed by atoms with Gasteiger partial charge in [0.2, 0.25) is 11.3 Å². The zero-order valence-corrected chi connectivity index (χ0v) is 28.6. The molecule has 0 bridgehead atoms. The van der Waals surface area contributed by atoms with E-state index in [9.17, 15) is 0 Å². The van der Waals surface area contributed by atoms with Gasteiger partial charge in [0.25, 0.3) is 0 Å². The topological polar surface area (TPSA) is 49.4 Å². The Labute approximate surface area is 291 Å². The fourth-order valence-corrected chi connectivity index (χ4v) is 8.22. The molecule has 0 fully saturated rings. The third-order valence-electron chi connectivity index (χ3n) is 9.83. The molecule has 8 aromatic rings. The minimum atomic E-state index is -1.27. The summed E-state index contributed by atoms with van der Waals surface area (Å²) in [6, 6.07) is 50.7. The highest BCUT2D eigenvalue weighted by Gasteiger charge is 2.58. The average Bonchev–Trinajstić information content (AvgIpc) is 3.76. The quantitative estimate of drug-likeness (QED) is 0.163. The molecule has 10 rings (SSSR count). The fourth-order valence-electron chi connectivity index (χ4n) is 7.70. The summed E-state index contributed by atoms with van der Waals surface area (Å²) < 4.78 is 1.96. The van der Waals surface area contributed by atoms with Gasteiger partial charge < -0.3 is 0 Å². The molecule has 0 radical (unpaired) electrons. The highest BCUT2D eigenvalue weighted by molar-refractivity contribution is 9.10. The number of benzene rings is 8. The standard InChI is InChI=1S/C42H24Br2N4/c43-27-21-17-25(18-22-27)41(45-37-33-13-5-1-9-29(33)30-10-2-6-14-34(30)38(37)46-41)42(26-19-23-28(44)24-20-26)47-39-35-15-7-3-11-31(35)32-12-4-8-16-36(32)40(39)48-42/h1-24H. The van der Waals surface area contributed by atoms with Crippen molar-refractivity contribution in [2.45, 2.75) is 11.3 Å². The second kappa shape index (κ2) is 10.2. The minimum Gasteiger partial charge on any atom is -0.243 e. The number of nitrogens with zero attached hydrogens (tertiary/aromatic N) is 4. The Bertz CT molecular complexity index is 2570. The molecule has 4 nitrogen and oxygen atoms in total. The maximum Gasteiger partial charge on any atom is 0.226 e. The summed E-state index contributed by atoms with van der Waals surface area (Å²) in [4.78, 5) is 23.1. The van der Waals surface area contributed by atoms with Crippen molar-refractivity contribution in [3.63, 3.8) is 0 Å². The molecule has 0 saturated carbocycles. The average molecular weight is 744 g/mol. The van der Waals surface area contributed by atoms with Gasteiger partial charge in [-0.15, -0.1) is 0 Å². The lowest BCUT2D eigenvalue weighted by molar-refractivity contribution is 0.243. The molecule has 226 valence electrons. The van der Waals surface area contributed by atoms with Crippen LogP contribution in [0.25, 0.3) is 43.1 Å². The van der Waals surface area contributed by atoms with Crippen LogP contribution in [0.2, 0.25) is 0 Å². The van der Waals surface area contributed by atoms with E-state index in [1.54, 1.807) is 0 Å². The van der Waals surface area contributed by atoms with E-state index in [1.807, 2.05) is 0 Å². The van der Waals surface area contributed by atoms with Crippen molar-refractivity contribution < 1.29 is 0 Å². The van der Waals surface area contributed by atoms with Crippen LogP contribution < -0.4 is 21.4 Å². The Morgan fingerprint density at radius 2 is 0.521 bits per heavy atom. The van der Waals surface area contributed by atoms with E-state index in [0.29, 0.717) is 0 Å². The molecule has 2 aliphatic rings. The second-order valence-electron chi connectivity index (χ2n) is 12.4.